The Morgan fingerprint density at radius 3 is 2.28 bits per heavy atom. The van der Waals surface area contributed by atoms with Gasteiger partial charge in [-0.15, -0.1) is 0 Å². The van der Waals surface area contributed by atoms with Crippen LogP contribution >= 0.6 is 0 Å². The fourth-order valence-corrected chi connectivity index (χ4v) is 5.63. The Hall–Kier alpha value is -2.74. The summed E-state index contributed by atoms with van der Waals surface area (Å²) in [5, 5.41) is 2.73. The summed E-state index contributed by atoms with van der Waals surface area (Å²) in [5.41, 5.74) is 2.81. The number of amides is 1. The Bertz CT molecular complexity index is 1030. The molecule has 1 aliphatic rings. The number of sulfonamides is 1. The third-order valence-electron chi connectivity index (χ3n) is 5.46. The van der Waals surface area contributed by atoms with E-state index in [0.717, 1.165) is 11.1 Å². The maximum atomic E-state index is 13.4. The number of aryl methyl sites for hydroxylation is 2. The van der Waals surface area contributed by atoms with Gasteiger partial charge in [0.15, 0.2) is 16.2 Å². The van der Waals surface area contributed by atoms with Gasteiger partial charge in [-0.3, -0.25) is 9.10 Å². The largest absolute Gasteiger partial charge is 0.493 e. The lowest BCUT2D eigenvalue weighted by Crippen LogP contribution is -2.47. The van der Waals surface area contributed by atoms with Crippen molar-refractivity contribution in [3.63, 3.8) is 0 Å². The van der Waals surface area contributed by atoms with Crippen molar-refractivity contribution in [3.05, 3.63) is 47.5 Å². The average Bonchev–Trinajstić information content (AvgIpc) is 2.92. The zero-order valence-corrected chi connectivity index (χ0v) is 18.1. The number of hydrogen-bond donors (Lipinski definition) is 1. The Morgan fingerprint density at radius 1 is 1.07 bits per heavy atom. The molecule has 156 valence electrons. The van der Waals surface area contributed by atoms with E-state index in [4.69, 9.17) is 9.47 Å². The van der Waals surface area contributed by atoms with Crippen molar-refractivity contribution in [2.75, 3.05) is 30.4 Å². The molecule has 3 rings (SSSR count). The molecule has 1 fully saturated rings. The van der Waals surface area contributed by atoms with Crippen LogP contribution in [0.15, 0.2) is 36.4 Å². The van der Waals surface area contributed by atoms with Crippen molar-refractivity contribution >= 4 is 27.3 Å². The maximum Gasteiger partial charge on any atom is 0.249 e. The summed E-state index contributed by atoms with van der Waals surface area (Å²) in [6.45, 7) is 5.48. The van der Waals surface area contributed by atoms with Gasteiger partial charge in [-0.25, -0.2) is 8.42 Å². The van der Waals surface area contributed by atoms with Crippen molar-refractivity contribution in [2.45, 2.75) is 31.9 Å². The monoisotopic (exact) mass is 418 g/mol. The molecule has 1 amide bonds. The first-order chi connectivity index (χ1) is 13.7. The van der Waals surface area contributed by atoms with E-state index < -0.39 is 20.7 Å². The predicted molar refractivity (Wildman–Crippen MR) is 113 cm³/mol. The molecule has 1 aliphatic heterocycles. The molecule has 7 nitrogen and oxygen atoms in total. The lowest BCUT2D eigenvalue weighted by molar-refractivity contribution is -0.118. The number of hydrogen-bond acceptors (Lipinski definition) is 5. The van der Waals surface area contributed by atoms with Crippen molar-refractivity contribution < 1.29 is 22.7 Å². The molecule has 1 atom stereocenters. The highest BCUT2D eigenvalue weighted by atomic mass is 32.2. The minimum absolute atomic E-state index is 0.197. The van der Waals surface area contributed by atoms with Gasteiger partial charge in [0.25, 0.3) is 0 Å². The number of nitrogens with zero attached hydrogens (tertiary/aromatic N) is 1. The number of rotatable bonds is 5. The molecule has 0 bridgehead atoms. The molecule has 1 saturated heterocycles. The van der Waals surface area contributed by atoms with Crippen LogP contribution in [0.5, 0.6) is 11.5 Å². The molecule has 0 radical (unpaired) electrons. The number of para-hydroxylation sites is 1. The molecule has 1 unspecified atom stereocenters. The molecule has 0 aromatic heterocycles. The highest BCUT2D eigenvalue weighted by Gasteiger charge is 2.55. The number of carbonyl (C=O) groups excluding carboxylic acids is 1. The number of anilines is 2. The van der Waals surface area contributed by atoms with Gasteiger partial charge in [-0.05, 0) is 50.5 Å². The van der Waals surface area contributed by atoms with Gasteiger partial charge in [-0.2, -0.15) is 0 Å². The molecular formula is C21H26N2O5S. The van der Waals surface area contributed by atoms with Crippen LogP contribution in [-0.2, 0) is 14.8 Å². The van der Waals surface area contributed by atoms with E-state index in [-0.39, 0.29) is 13.0 Å². The summed E-state index contributed by atoms with van der Waals surface area (Å²) in [4.78, 5) is 13.1. The minimum atomic E-state index is -3.91. The summed E-state index contributed by atoms with van der Waals surface area (Å²) >= 11 is 0. The molecule has 0 aliphatic carbocycles. The van der Waals surface area contributed by atoms with Crippen LogP contribution in [0, 0.1) is 13.8 Å². The summed E-state index contributed by atoms with van der Waals surface area (Å²) < 4.78 is 37.0. The van der Waals surface area contributed by atoms with Crippen LogP contribution in [-0.4, -0.2) is 39.8 Å². The van der Waals surface area contributed by atoms with Crippen molar-refractivity contribution in [1.29, 1.82) is 0 Å². The van der Waals surface area contributed by atoms with E-state index >= 15 is 0 Å². The fourth-order valence-electron chi connectivity index (χ4n) is 3.65. The Balaban J connectivity index is 1.92. The second kappa shape index (κ2) is 7.59. The Kier molecular flexibility index (Phi) is 5.49. The quantitative estimate of drug-likeness (QED) is 0.806. The highest BCUT2D eigenvalue weighted by Crippen LogP contribution is 2.40. The summed E-state index contributed by atoms with van der Waals surface area (Å²) in [5.74, 6) is 0.395. The molecular weight excluding hydrogens is 392 g/mol. The topological polar surface area (TPSA) is 84.9 Å². The van der Waals surface area contributed by atoms with Crippen molar-refractivity contribution in [3.8, 4) is 11.5 Å². The van der Waals surface area contributed by atoms with Crippen molar-refractivity contribution in [1.82, 2.24) is 0 Å². The first-order valence-corrected chi connectivity index (χ1v) is 10.7. The molecule has 2 aromatic carbocycles. The molecule has 8 heteroatoms. The molecule has 1 N–H and O–H groups in total. The lowest BCUT2D eigenvalue weighted by atomic mass is 10.0. The van der Waals surface area contributed by atoms with E-state index in [1.54, 1.807) is 18.2 Å². The first kappa shape index (κ1) is 21.0. The van der Waals surface area contributed by atoms with Crippen LogP contribution in [0.2, 0.25) is 0 Å². The van der Waals surface area contributed by atoms with Crippen LogP contribution in [0.1, 0.15) is 24.5 Å². The first-order valence-electron chi connectivity index (χ1n) is 9.27. The van der Waals surface area contributed by atoms with Gasteiger partial charge < -0.3 is 14.8 Å². The molecule has 29 heavy (non-hydrogen) atoms. The second-order valence-electron chi connectivity index (χ2n) is 7.32. The normalized spacial score (nSPS) is 20.4. The van der Waals surface area contributed by atoms with Gasteiger partial charge in [0.05, 0.1) is 19.9 Å². The summed E-state index contributed by atoms with van der Waals surface area (Å²) in [6, 6.07) is 10.5. The number of methoxy groups -OCH3 is 2. The van der Waals surface area contributed by atoms with Crippen LogP contribution in [0.25, 0.3) is 0 Å². The van der Waals surface area contributed by atoms with Crippen molar-refractivity contribution in [2.24, 2.45) is 0 Å². The van der Waals surface area contributed by atoms with Gasteiger partial charge in [0.1, 0.15) is 0 Å². The average molecular weight is 419 g/mol. The second-order valence-corrected chi connectivity index (χ2v) is 9.61. The van der Waals surface area contributed by atoms with E-state index in [1.807, 2.05) is 32.0 Å². The lowest BCUT2D eigenvalue weighted by Gasteiger charge is -2.27. The third kappa shape index (κ3) is 3.42. The van der Waals surface area contributed by atoms with E-state index in [9.17, 15) is 13.2 Å². The van der Waals surface area contributed by atoms with Gasteiger partial charge in [-0.1, -0.05) is 18.2 Å². The number of benzene rings is 2. The third-order valence-corrected chi connectivity index (χ3v) is 7.94. The highest BCUT2D eigenvalue weighted by molar-refractivity contribution is 7.95. The zero-order chi connectivity index (χ0) is 21.4. The molecule has 2 aromatic rings. The SMILES string of the molecule is COc1ccc(NC(=O)C2(C)CCN(c3c(C)cccc3C)S2(=O)=O)cc1OC. The summed E-state index contributed by atoms with van der Waals surface area (Å²) in [7, 11) is -0.895. The van der Waals surface area contributed by atoms with Crippen LogP contribution in [0.3, 0.4) is 0 Å². The fraction of sp³-hybridized carbons (Fsp3) is 0.381. The molecule has 0 saturated carbocycles. The van der Waals surface area contributed by atoms with E-state index in [1.165, 1.54) is 25.4 Å². The Labute approximate surface area is 171 Å². The summed E-state index contributed by atoms with van der Waals surface area (Å²) in [6.07, 6.45) is 0.197. The zero-order valence-electron chi connectivity index (χ0n) is 17.3. The number of carbonyl (C=O) groups is 1. The Morgan fingerprint density at radius 2 is 1.69 bits per heavy atom. The van der Waals surface area contributed by atoms with E-state index in [0.29, 0.717) is 22.9 Å². The minimum Gasteiger partial charge on any atom is -0.493 e. The molecule has 0 spiro atoms. The number of nitrogens with one attached hydrogen (secondary N) is 1. The van der Waals surface area contributed by atoms with Crippen LogP contribution in [0.4, 0.5) is 11.4 Å². The smallest absolute Gasteiger partial charge is 0.249 e. The van der Waals surface area contributed by atoms with Crippen LogP contribution < -0.4 is 19.1 Å². The van der Waals surface area contributed by atoms with Gasteiger partial charge in [0.2, 0.25) is 15.9 Å². The van der Waals surface area contributed by atoms with Gasteiger partial charge in [0, 0.05) is 18.3 Å². The number of ether oxygens (including phenoxy) is 2. The predicted octanol–water partition coefficient (Wildman–Crippen LogP) is 3.26. The maximum absolute atomic E-state index is 13.4. The molecule has 1 heterocycles. The van der Waals surface area contributed by atoms with E-state index in [2.05, 4.69) is 5.32 Å². The standard InChI is InChI=1S/C21H26N2O5S/c1-14-7-6-8-15(2)19(14)23-12-11-21(3,29(23,25)26)20(24)22-16-9-10-17(27-4)18(13-16)28-5/h6-10,13H,11-12H2,1-5H3,(H,22,24). The van der Waals surface area contributed by atoms with Gasteiger partial charge >= 0.3 is 0 Å².